The van der Waals surface area contributed by atoms with Gasteiger partial charge in [0.15, 0.2) is 0 Å². The number of amides is 1. The van der Waals surface area contributed by atoms with Crippen molar-refractivity contribution >= 4 is 28.8 Å². The van der Waals surface area contributed by atoms with Gasteiger partial charge in [-0.25, -0.2) is 0 Å². The first-order valence-corrected chi connectivity index (χ1v) is 6.58. The summed E-state index contributed by atoms with van der Waals surface area (Å²) in [4.78, 5) is 14.6. The van der Waals surface area contributed by atoms with E-state index in [1.165, 1.54) is 11.3 Å². The molecule has 0 N–H and O–H groups in total. The van der Waals surface area contributed by atoms with Crippen LogP contribution in [0.4, 0.5) is 0 Å². The number of likely N-dealkylation sites (tertiary alicyclic amines) is 1. The van der Waals surface area contributed by atoms with Gasteiger partial charge in [0.2, 0.25) is 0 Å². The molecule has 0 aromatic carbocycles. The van der Waals surface area contributed by atoms with Crippen LogP contribution >= 0.6 is 22.9 Å². The number of nitrogens with zero attached hydrogens (tertiary/aromatic N) is 1. The average Bonchev–Trinajstić information content (AvgIpc) is 2.76. The summed E-state index contributed by atoms with van der Waals surface area (Å²) in [7, 11) is 1.60. The summed E-state index contributed by atoms with van der Waals surface area (Å²) in [5.74, 6) is 0.812. The van der Waals surface area contributed by atoms with Gasteiger partial charge in [0.25, 0.3) is 5.91 Å². The Morgan fingerprint density at radius 2 is 2.50 bits per heavy atom. The van der Waals surface area contributed by atoms with E-state index in [2.05, 4.69) is 0 Å². The fourth-order valence-corrected chi connectivity index (χ4v) is 2.95. The van der Waals surface area contributed by atoms with E-state index in [0.717, 1.165) is 30.0 Å². The summed E-state index contributed by atoms with van der Waals surface area (Å²) in [5, 5.41) is 1.94. The molecule has 1 fully saturated rings. The van der Waals surface area contributed by atoms with Crippen LogP contribution < -0.4 is 4.74 Å². The highest BCUT2D eigenvalue weighted by molar-refractivity contribution is 7.12. The number of thiophene rings is 1. The van der Waals surface area contributed by atoms with E-state index in [9.17, 15) is 4.79 Å². The van der Waals surface area contributed by atoms with Crippen molar-refractivity contribution in [2.24, 2.45) is 0 Å². The molecule has 5 heteroatoms. The Morgan fingerprint density at radius 3 is 3.12 bits per heavy atom. The monoisotopic (exact) mass is 259 g/mol. The number of methoxy groups -OCH3 is 1. The molecule has 88 valence electrons. The van der Waals surface area contributed by atoms with Gasteiger partial charge in [-0.2, -0.15) is 0 Å². The third kappa shape index (κ3) is 2.50. The number of carbonyl (C=O) groups is 1. The Morgan fingerprint density at radius 1 is 1.69 bits per heavy atom. The van der Waals surface area contributed by atoms with Gasteiger partial charge in [0, 0.05) is 24.5 Å². The van der Waals surface area contributed by atoms with Gasteiger partial charge in [-0.05, 0) is 12.8 Å². The van der Waals surface area contributed by atoms with Crippen molar-refractivity contribution in [1.29, 1.82) is 0 Å². The summed E-state index contributed by atoms with van der Waals surface area (Å²) < 4.78 is 5.07. The van der Waals surface area contributed by atoms with E-state index in [-0.39, 0.29) is 11.3 Å². The number of alkyl halides is 1. The number of ether oxygens (including phenoxy) is 1. The highest BCUT2D eigenvalue weighted by atomic mass is 35.5. The minimum atomic E-state index is 0.0682. The zero-order chi connectivity index (χ0) is 11.5. The molecule has 3 nitrogen and oxygen atoms in total. The first-order chi connectivity index (χ1) is 7.70. The summed E-state index contributed by atoms with van der Waals surface area (Å²) in [6, 6.07) is 1.78. The first kappa shape index (κ1) is 11.7. The lowest BCUT2D eigenvalue weighted by Gasteiger charge is -2.29. The second-order valence-corrected chi connectivity index (χ2v) is 5.37. The van der Waals surface area contributed by atoms with Crippen molar-refractivity contribution in [3.63, 3.8) is 0 Å². The fourth-order valence-electron chi connectivity index (χ4n) is 1.80. The maximum absolute atomic E-state index is 12.1. The van der Waals surface area contributed by atoms with E-state index in [1.54, 1.807) is 13.2 Å². The number of hydrogen-bond acceptors (Lipinski definition) is 3. The van der Waals surface area contributed by atoms with E-state index in [1.807, 2.05) is 10.3 Å². The molecular weight excluding hydrogens is 246 g/mol. The molecule has 2 rings (SSSR count). The summed E-state index contributed by atoms with van der Waals surface area (Å²) in [6.07, 6.45) is 1.99. The lowest BCUT2D eigenvalue weighted by Crippen LogP contribution is -2.40. The molecule has 0 bridgehead atoms. The minimum Gasteiger partial charge on any atom is -0.496 e. The standard InChI is InChI=1S/C11H14ClNO2S/c1-15-9-5-10(16-7-9)11(14)13-4-2-3-8(12)6-13/h5,7-8H,2-4,6H2,1H3. The Balaban J connectivity index is 2.06. The second-order valence-electron chi connectivity index (χ2n) is 3.84. The molecule has 2 heterocycles. The zero-order valence-corrected chi connectivity index (χ0v) is 10.7. The van der Waals surface area contributed by atoms with Gasteiger partial charge >= 0.3 is 0 Å². The number of hydrogen-bond donors (Lipinski definition) is 0. The minimum absolute atomic E-state index is 0.0682. The van der Waals surface area contributed by atoms with Crippen LogP contribution in [0.5, 0.6) is 5.75 Å². The summed E-state index contributed by atoms with van der Waals surface area (Å²) in [6.45, 7) is 1.46. The molecule has 1 aromatic rings. The molecule has 0 radical (unpaired) electrons. The molecule has 1 saturated heterocycles. The van der Waals surface area contributed by atoms with Gasteiger partial charge in [0.1, 0.15) is 5.75 Å². The Kier molecular flexibility index (Phi) is 3.71. The summed E-state index contributed by atoms with van der Waals surface area (Å²) >= 11 is 7.48. The van der Waals surface area contributed by atoms with Crippen LogP contribution in [0.3, 0.4) is 0 Å². The summed E-state index contributed by atoms with van der Waals surface area (Å²) in [5.41, 5.74) is 0. The molecule has 1 atom stereocenters. The van der Waals surface area contributed by atoms with Gasteiger partial charge in [-0.15, -0.1) is 22.9 Å². The van der Waals surface area contributed by atoms with E-state index in [0.29, 0.717) is 6.54 Å². The molecule has 0 aliphatic carbocycles. The number of halogens is 1. The second kappa shape index (κ2) is 5.06. The normalized spacial score (nSPS) is 20.9. The smallest absolute Gasteiger partial charge is 0.264 e. The van der Waals surface area contributed by atoms with Crippen molar-refractivity contribution in [2.45, 2.75) is 18.2 Å². The van der Waals surface area contributed by atoms with Gasteiger partial charge in [0.05, 0.1) is 17.4 Å². The van der Waals surface area contributed by atoms with Crippen LogP contribution in [0, 0.1) is 0 Å². The number of piperidine rings is 1. The van der Waals surface area contributed by atoms with Crippen molar-refractivity contribution in [3.05, 3.63) is 16.3 Å². The molecule has 1 unspecified atom stereocenters. The Bertz CT molecular complexity index is 380. The Hall–Kier alpha value is -0.740. The average molecular weight is 260 g/mol. The van der Waals surface area contributed by atoms with Gasteiger partial charge in [-0.1, -0.05) is 0 Å². The van der Waals surface area contributed by atoms with Crippen LogP contribution in [-0.2, 0) is 0 Å². The predicted octanol–water partition coefficient (Wildman–Crippen LogP) is 2.60. The Labute approximate surface area is 104 Å². The lowest BCUT2D eigenvalue weighted by molar-refractivity contribution is 0.0731. The molecule has 1 aromatic heterocycles. The molecule has 1 amide bonds. The highest BCUT2D eigenvalue weighted by Gasteiger charge is 2.24. The zero-order valence-electron chi connectivity index (χ0n) is 9.11. The van der Waals surface area contributed by atoms with Crippen molar-refractivity contribution in [2.75, 3.05) is 20.2 Å². The van der Waals surface area contributed by atoms with E-state index < -0.39 is 0 Å². The van der Waals surface area contributed by atoms with Gasteiger partial charge in [-0.3, -0.25) is 4.79 Å². The molecule has 0 saturated carbocycles. The van der Waals surface area contributed by atoms with Crippen molar-refractivity contribution in [3.8, 4) is 5.75 Å². The molecular formula is C11H14ClNO2S. The number of rotatable bonds is 2. The molecule has 1 aliphatic rings. The van der Waals surface area contributed by atoms with E-state index >= 15 is 0 Å². The lowest BCUT2D eigenvalue weighted by atomic mass is 10.1. The maximum Gasteiger partial charge on any atom is 0.264 e. The van der Waals surface area contributed by atoms with E-state index in [4.69, 9.17) is 16.3 Å². The third-order valence-electron chi connectivity index (χ3n) is 2.67. The fraction of sp³-hybridized carbons (Fsp3) is 0.545. The number of carbonyl (C=O) groups excluding carboxylic acids is 1. The SMILES string of the molecule is COc1csc(C(=O)N2CCCC(Cl)C2)c1. The van der Waals surface area contributed by atoms with Crippen molar-refractivity contribution < 1.29 is 9.53 Å². The van der Waals surface area contributed by atoms with Crippen molar-refractivity contribution in [1.82, 2.24) is 4.90 Å². The largest absolute Gasteiger partial charge is 0.496 e. The van der Waals surface area contributed by atoms with Crippen LogP contribution in [0.1, 0.15) is 22.5 Å². The van der Waals surface area contributed by atoms with Crippen LogP contribution in [0.15, 0.2) is 11.4 Å². The van der Waals surface area contributed by atoms with Crippen LogP contribution in [0.25, 0.3) is 0 Å². The maximum atomic E-state index is 12.1. The first-order valence-electron chi connectivity index (χ1n) is 5.26. The van der Waals surface area contributed by atoms with Crippen LogP contribution in [0.2, 0.25) is 0 Å². The van der Waals surface area contributed by atoms with Crippen LogP contribution in [-0.4, -0.2) is 36.4 Å². The third-order valence-corrected chi connectivity index (χ3v) is 3.93. The molecule has 1 aliphatic heterocycles. The predicted molar refractivity (Wildman–Crippen MR) is 65.6 cm³/mol. The molecule has 0 spiro atoms. The topological polar surface area (TPSA) is 29.5 Å². The van der Waals surface area contributed by atoms with Gasteiger partial charge < -0.3 is 9.64 Å². The quantitative estimate of drug-likeness (QED) is 0.764. The highest BCUT2D eigenvalue weighted by Crippen LogP contribution is 2.24. The molecule has 16 heavy (non-hydrogen) atoms.